The summed E-state index contributed by atoms with van der Waals surface area (Å²) in [5, 5.41) is 2.78. The maximum atomic E-state index is 12.2. The lowest BCUT2D eigenvalue weighted by Gasteiger charge is -2.26. The minimum absolute atomic E-state index is 0.240. The van der Waals surface area contributed by atoms with E-state index in [0.717, 1.165) is 12.8 Å². The molecular weight excluding hydrogens is 282 g/mol. The lowest BCUT2D eigenvalue weighted by molar-refractivity contribution is 0.0942. The van der Waals surface area contributed by atoms with Crippen LogP contribution >= 0.6 is 11.8 Å². The van der Waals surface area contributed by atoms with Gasteiger partial charge in [0.1, 0.15) is 0 Å². The number of hydrogen-bond donors (Lipinski definition) is 2. The molecule has 0 unspecified atom stereocenters. The molecule has 0 heterocycles. The van der Waals surface area contributed by atoms with Gasteiger partial charge < -0.3 is 11.1 Å². The van der Waals surface area contributed by atoms with E-state index in [1.807, 2.05) is 13.8 Å². The predicted octanol–water partition coefficient (Wildman–Crippen LogP) is 3.25. The molecule has 0 fully saturated rings. The van der Waals surface area contributed by atoms with Crippen LogP contribution in [-0.4, -0.2) is 23.7 Å². The summed E-state index contributed by atoms with van der Waals surface area (Å²) in [6.45, 7) is 4.35. The zero-order valence-electron chi connectivity index (χ0n) is 11.7. The molecule has 0 aliphatic rings. The van der Waals surface area contributed by atoms with Gasteiger partial charge in [-0.05, 0) is 37.1 Å². The summed E-state index contributed by atoms with van der Waals surface area (Å²) >= 11 is 0.459. The summed E-state index contributed by atoms with van der Waals surface area (Å²) < 4.78 is 24.4. The molecule has 0 atom stereocenters. The SMILES string of the molecule is CCC(N)(CC)CNC(=O)c1ccc(SC(F)F)cc1. The van der Waals surface area contributed by atoms with Gasteiger partial charge >= 0.3 is 0 Å². The van der Waals surface area contributed by atoms with Crippen LogP contribution < -0.4 is 11.1 Å². The van der Waals surface area contributed by atoms with Gasteiger partial charge in [-0.15, -0.1) is 0 Å². The number of amides is 1. The third-order valence-electron chi connectivity index (χ3n) is 3.35. The van der Waals surface area contributed by atoms with Crippen molar-refractivity contribution in [1.29, 1.82) is 0 Å². The fourth-order valence-electron chi connectivity index (χ4n) is 1.65. The summed E-state index contributed by atoms with van der Waals surface area (Å²) in [6.07, 6.45) is 1.54. The van der Waals surface area contributed by atoms with Crippen molar-refractivity contribution in [3.8, 4) is 0 Å². The highest BCUT2D eigenvalue weighted by molar-refractivity contribution is 7.99. The van der Waals surface area contributed by atoms with Crippen LogP contribution in [0.4, 0.5) is 8.78 Å². The second-order valence-corrected chi connectivity index (χ2v) is 5.72. The number of hydrogen-bond acceptors (Lipinski definition) is 3. The van der Waals surface area contributed by atoms with E-state index >= 15 is 0 Å². The lowest BCUT2D eigenvalue weighted by atomic mass is 9.94. The van der Waals surface area contributed by atoms with Gasteiger partial charge in [-0.2, -0.15) is 8.78 Å². The Morgan fingerprint density at radius 3 is 2.30 bits per heavy atom. The first-order valence-electron chi connectivity index (χ1n) is 6.52. The highest BCUT2D eigenvalue weighted by atomic mass is 32.2. The van der Waals surface area contributed by atoms with E-state index in [9.17, 15) is 13.6 Å². The first-order valence-corrected chi connectivity index (χ1v) is 7.40. The highest BCUT2D eigenvalue weighted by Gasteiger charge is 2.21. The fourth-order valence-corrected chi connectivity index (χ4v) is 2.15. The second-order valence-electron chi connectivity index (χ2n) is 4.66. The minimum atomic E-state index is -2.46. The van der Waals surface area contributed by atoms with Crippen molar-refractivity contribution in [1.82, 2.24) is 5.32 Å². The Bertz CT molecular complexity index is 433. The van der Waals surface area contributed by atoms with Crippen molar-refractivity contribution in [3.63, 3.8) is 0 Å². The Balaban J connectivity index is 2.60. The molecule has 0 bridgehead atoms. The van der Waals surface area contributed by atoms with Crippen molar-refractivity contribution in [2.45, 2.75) is 42.9 Å². The molecule has 3 N–H and O–H groups in total. The van der Waals surface area contributed by atoms with E-state index in [4.69, 9.17) is 5.73 Å². The number of rotatable bonds is 7. The first-order chi connectivity index (χ1) is 9.40. The standard InChI is InChI=1S/C14H20F2N2OS/c1-3-14(17,4-2)9-18-12(19)10-5-7-11(8-6-10)20-13(15)16/h5-8,13H,3-4,9,17H2,1-2H3,(H,18,19). The fraction of sp³-hybridized carbons (Fsp3) is 0.500. The maximum absolute atomic E-state index is 12.2. The van der Waals surface area contributed by atoms with Crippen LogP contribution in [-0.2, 0) is 0 Å². The second kappa shape index (κ2) is 7.59. The smallest absolute Gasteiger partial charge is 0.288 e. The van der Waals surface area contributed by atoms with E-state index < -0.39 is 11.3 Å². The maximum Gasteiger partial charge on any atom is 0.288 e. The molecule has 0 radical (unpaired) electrons. The van der Waals surface area contributed by atoms with Gasteiger partial charge in [-0.3, -0.25) is 4.79 Å². The van der Waals surface area contributed by atoms with Gasteiger partial charge in [-0.1, -0.05) is 25.6 Å². The van der Waals surface area contributed by atoms with Gasteiger partial charge in [0.15, 0.2) is 0 Å². The molecule has 0 aliphatic carbocycles. The third kappa shape index (κ3) is 5.09. The number of carbonyl (C=O) groups excluding carboxylic acids is 1. The summed E-state index contributed by atoms with van der Waals surface area (Å²) in [5.74, 6) is -2.70. The molecule has 0 aliphatic heterocycles. The van der Waals surface area contributed by atoms with Gasteiger partial charge in [0.2, 0.25) is 0 Å². The largest absolute Gasteiger partial charge is 0.350 e. The normalized spacial score (nSPS) is 11.7. The Kier molecular flexibility index (Phi) is 6.42. The van der Waals surface area contributed by atoms with Crippen molar-refractivity contribution in [2.24, 2.45) is 5.73 Å². The number of nitrogens with one attached hydrogen (secondary N) is 1. The van der Waals surface area contributed by atoms with Crippen LogP contribution in [0.15, 0.2) is 29.2 Å². The van der Waals surface area contributed by atoms with Crippen LogP contribution in [0.25, 0.3) is 0 Å². The average Bonchev–Trinajstić information content (AvgIpc) is 2.44. The van der Waals surface area contributed by atoms with E-state index in [1.54, 1.807) is 0 Å². The van der Waals surface area contributed by atoms with Gasteiger partial charge in [-0.25, -0.2) is 0 Å². The van der Waals surface area contributed by atoms with Crippen LogP contribution in [0.3, 0.4) is 0 Å². The van der Waals surface area contributed by atoms with Crippen molar-refractivity contribution in [3.05, 3.63) is 29.8 Å². The van der Waals surface area contributed by atoms with Gasteiger partial charge in [0, 0.05) is 22.5 Å². The molecule has 6 heteroatoms. The molecule has 1 aromatic carbocycles. The molecule has 0 saturated carbocycles. The molecule has 112 valence electrons. The summed E-state index contributed by atoms with van der Waals surface area (Å²) in [6, 6.07) is 6.11. The molecule has 3 nitrogen and oxygen atoms in total. The van der Waals surface area contributed by atoms with Crippen molar-refractivity contribution >= 4 is 17.7 Å². The van der Waals surface area contributed by atoms with E-state index in [-0.39, 0.29) is 5.91 Å². The number of nitrogens with two attached hydrogens (primary N) is 1. The van der Waals surface area contributed by atoms with E-state index in [0.29, 0.717) is 28.8 Å². The number of alkyl halides is 2. The summed E-state index contributed by atoms with van der Waals surface area (Å²) in [4.78, 5) is 12.4. The molecule has 1 amide bonds. The highest BCUT2D eigenvalue weighted by Crippen LogP contribution is 2.25. The van der Waals surface area contributed by atoms with Crippen LogP contribution in [0.5, 0.6) is 0 Å². The molecule has 0 aromatic heterocycles. The average molecular weight is 302 g/mol. The number of benzene rings is 1. The van der Waals surface area contributed by atoms with Gasteiger partial charge in [0.05, 0.1) is 0 Å². The molecule has 20 heavy (non-hydrogen) atoms. The third-order valence-corrected chi connectivity index (χ3v) is 4.07. The lowest BCUT2D eigenvalue weighted by Crippen LogP contribution is -2.49. The molecule has 0 spiro atoms. The van der Waals surface area contributed by atoms with Crippen molar-refractivity contribution < 1.29 is 13.6 Å². The quantitative estimate of drug-likeness (QED) is 0.760. The van der Waals surface area contributed by atoms with Gasteiger partial charge in [0.25, 0.3) is 11.7 Å². The minimum Gasteiger partial charge on any atom is -0.350 e. The predicted molar refractivity (Wildman–Crippen MR) is 78.1 cm³/mol. The molecule has 0 saturated heterocycles. The van der Waals surface area contributed by atoms with E-state index in [2.05, 4.69) is 5.32 Å². The zero-order valence-corrected chi connectivity index (χ0v) is 12.5. The van der Waals surface area contributed by atoms with Crippen LogP contribution in [0.1, 0.15) is 37.0 Å². The van der Waals surface area contributed by atoms with E-state index in [1.165, 1.54) is 24.3 Å². The number of halogens is 2. The van der Waals surface area contributed by atoms with Crippen molar-refractivity contribution in [2.75, 3.05) is 6.54 Å². The summed E-state index contributed by atoms with van der Waals surface area (Å²) in [5.41, 5.74) is 6.14. The zero-order chi connectivity index (χ0) is 15.2. The van der Waals surface area contributed by atoms with Crippen LogP contribution in [0.2, 0.25) is 0 Å². The molecule has 1 aromatic rings. The number of thioether (sulfide) groups is 1. The molecule has 1 rings (SSSR count). The molecular formula is C14H20F2N2OS. The monoisotopic (exact) mass is 302 g/mol. The number of carbonyl (C=O) groups is 1. The summed E-state index contributed by atoms with van der Waals surface area (Å²) in [7, 11) is 0. The van der Waals surface area contributed by atoms with Crippen LogP contribution in [0, 0.1) is 0 Å². The topological polar surface area (TPSA) is 55.1 Å². The Morgan fingerprint density at radius 2 is 1.85 bits per heavy atom. The first kappa shape index (κ1) is 16.9. The Morgan fingerprint density at radius 1 is 1.30 bits per heavy atom. The Hall–Kier alpha value is -1.14. The Labute approximate surface area is 122 Å².